The molecule has 2 aromatic rings. The van der Waals surface area contributed by atoms with Crippen LogP contribution in [0.2, 0.25) is 0 Å². The number of benzene rings is 1. The van der Waals surface area contributed by atoms with E-state index in [2.05, 4.69) is 5.32 Å². The van der Waals surface area contributed by atoms with Crippen LogP contribution in [0.15, 0.2) is 35.7 Å². The molecule has 2 heterocycles. The molecule has 138 valence electrons. The van der Waals surface area contributed by atoms with Crippen LogP contribution in [-0.4, -0.2) is 43.4 Å². The van der Waals surface area contributed by atoms with Gasteiger partial charge in [-0.15, -0.1) is 11.3 Å². The Bertz CT molecular complexity index is 786. The molecule has 26 heavy (non-hydrogen) atoms. The van der Waals surface area contributed by atoms with E-state index in [4.69, 9.17) is 0 Å². The highest BCUT2D eigenvalue weighted by Gasteiger charge is 2.33. The summed E-state index contributed by atoms with van der Waals surface area (Å²) in [5, 5.41) is 4.92. The van der Waals surface area contributed by atoms with E-state index in [0.29, 0.717) is 17.8 Å². The fourth-order valence-corrected chi connectivity index (χ4v) is 3.95. The first-order valence-corrected chi connectivity index (χ1v) is 9.78. The van der Waals surface area contributed by atoms with Crippen LogP contribution in [0.1, 0.15) is 34.5 Å². The number of hydrogen-bond donors (Lipinski definition) is 1. The molecule has 0 bridgehead atoms. The van der Waals surface area contributed by atoms with Gasteiger partial charge in [0.2, 0.25) is 5.91 Å². The number of hydrogen-bond acceptors (Lipinski definition) is 4. The van der Waals surface area contributed by atoms with E-state index in [0.717, 1.165) is 29.8 Å². The second-order valence-electron chi connectivity index (χ2n) is 6.87. The molecule has 0 saturated carbocycles. The number of thiophene rings is 1. The lowest BCUT2D eigenvalue weighted by Crippen LogP contribution is -2.49. The smallest absolute Gasteiger partial charge is 0.264 e. The summed E-state index contributed by atoms with van der Waals surface area (Å²) in [7, 11) is 3.98. The van der Waals surface area contributed by atoms with E-state index in [1.54, 1.807) is 4.90 Å². The Morgan fingerprint density at radius 1 is 1.23 bits per heavy atom. The maximum absolute atomic E-state index is 12.9. The fraction of sp³-hybridized carbons (Fsp3) is 0.400. The van der Waals surface area contributed by atoms with Crippen molar-refractivity contribution in [2.75, 3.05) is 30.9 Å². The first-order valence-electron chi connectivity index (χ1n) is 8.90. The maximum atomic E-state index is 12.9. The van der Waals surface area contributed by atoms with Crippen LogP contribution < -0.4 is 10.2 Å². The van der Waals surface area contributed by atoms with Crippen molar-refractivity contribution in [3.63, 3.8) is 0 Å². The average molecular weight is 372 g/mol. The Morgan fingerprint density at radius 3 is 2.69 bits per heavy atom. The molecule has 1 unspecified atom stereocenters. The number of likely N-dealkylation sites (tertiary alicyclic amines) is 1. The lowest BCUT2D eigenvalue weighted by Gasteiger charge is -2.34. The van der Waals surface area contributed by atoms with E-state index in [1.807, 2.05) is 61.6 Å². The van der Waals surface area contributed by atoms with Crippen LogP contribution >= 0.6 is 11.3 Å². The van der Waals surface area contributed by atoms with Gasteiger partial charge < -0.3 is 15.1 Å². The lowest BCUT2D eigenvalue weighted by molar-refractivity contribution is -0.121. The topological polar surface area (TPSA) is 52.7 Å². The van der Waals surface area contributed by atoms with E-state index in [1.165, 1.54) is 11.3 Å². The number of carbonyl (C=O) groups excluding carboxylic acids is 2. The molecule has 1 aromatic heterocycles. The van der Waals surface area contributed by atoms with Gasteiger partial charge in [0.25, 0.3) is 5.91 Å². The number of aryl methyl sites for hydroxylation is 1. The van der Waals surface area contributed by atoms with Gasteiger partial charge in [-0.2, -0.15) is 0 Å². The predicted molar refractivity (Wildman–Crippen MR) is 107 cm³/mol. The SMILES string of the molecule is Cc1cc(N(C)C)ccc1NC(=O)C1CCCCN1C(=O)c1cccs1. The van der Waals surface area contributed by atoms with Crippen molar-refractivity contribution in [1.29, 1.82) is 0 Å². The molecule has 6 heteroatoms. The van der Waals surface area contributed by atoms with Gasteiger partial charge in [0, 0.05) is 32.0 Å². The van der Waals surface area contributed by atoms with Gasteiger partial charge in [-0.3, -0.25) is 9.59 Å². The standard InChI is InChI=1S/C20H25N3O2S/c1-14-13-15(22(2)3)9-10-16(14)21-19(24)17-7-4-5-11-23(17)20(25)18-8-6-12-26-18/h6,8-10,12-13,17H,4-5,7,11H2,1-3H3,(H,21,24). The van der Waals surface area contributed by atoms with Gasteiger partial charge in [0.1, 0.15) is 6.04 Å². The molecular weight excluding hydrogens is 346 g/mol. The summed E-state index contributed by atoms with van der Waals surface area (Å²) in [6.07, 6.45) is 2.61. The summed E-state index contributed by atoms with van der Waals surface area (Å²) in [4.78, 5) is 30.1. The third-order valence-corrected chi connectivity index (χ3v) is 5.64. The summed E-state index contributed by atoms with van der Waals surface area (Å²) >= 11 is 1.42. The van der Waals surface area contributed by atoms with Crippen LogP contribution in [0, 0.1) is 6.92 Å². The highest BCUT2D eigenvalue weighted by atomic mass is 32.1. The molecule has 5 nitrogen and oxygen atoms in total. The zero-order valence-corrected chi connectivity index (χ0v) is 16.3. The summed E-state index contributed by atoms with van der Waals surface area (Å²) in [5.41, 5.74) is 2.90. The Kier molecular flexibility index (Phi) is 5.61. The van der Waals surface area contributed by atoms with Crippen LogP contribution in [0.3, 0.4) is 0 Å². The van der Waals surface area contributed by atoms with Gasteiger partial charge >= 0.3 is 0 Å². The Hall–Kier alpha value is -2.34. The molecule has 2 amide bonds. The summed E-state index contributed by atoms with van der Waals surface area (Å²) < 4.78 is 0. The molecule has 1 fully saturated rings. The second kappa shape index (κ2) is 7.91. The minimum absolute atomic E-state index is 0.0421. The van der Waals surface area contributed by atoms with Gasteiger partial charge in [-0.1, -0.05) is 6.07 Å². The summed E-state index contributed by atoms with van der Waals surface area (Å²) in [5.74, 6) is -0.144. The van der Waals surface area contributed by atoms with Crippen molar-refractivity contribution in [3.8, 4) is 0 Å². The van der Waals surface area contributed by atoms with Crippen LogP contribution in [0.5, 0.6) is 0 Å². The first kappa shape index (κ1) is 18.5. The second-order valence-corrected chi connectivity index (χ2v) is 7.82. The number of amides is 2. The van der Waals surface area contributed by atoms with E-state index >= 15 is 0 Å². The largest absolute Gasteiger partial charge is 0.378 e. The monoisotopic (exact) mass is 371 g/mol. The van der Waals surface area contributed by atoms with Crippen molar-refractivity contribution in [2.45, 2.75) is 32.2 Å². The van der Waals surface area contributed by atoms with Crippen molar-refractivity contribution in [1.82, 2.24) is 4.90 Å². The van der Waals surface area contributed by atoms with E-state index in [-0.39, 0.29) is 11.8 Å². The number of anilines is 2. The van der Waals surface area contributed by atoms with Gasteiger partial charge in [-0.25, -0.2) is 0 Å². The molecule has 0 aliphatic carbocycles. The Morgan fingerprint density at radius 2 is 2.04 bits per heavy atom. The molecular formula is C20H25N3O2S. The number of nitrogens with one attached hydrogen (secondary N) is 1. The molecule has 0 spiro atoms. The molecule has 1 aliphatic heterocycles. The van der Waals surface area contributed by atoms with E-state index < -0.39 is 6.04 Å². The molecule has 1 aliphatic rings. The minimum atomic E-state index is -0.411. The number of rotatable bonds is 4. The lowest BCUT2D eigenvalue weighted by atomic mass is 10.0. The Balaban J connectivity index is 1.76. The molecule has 3 rings (SSSR count). The molecule has 1 N–H and O–H groups in total. The quantitative estimate of drug-likeness (QED) is 0.890. The van der Waals surface area contributed by atoms with Crippen molar-refractivity contribution < 1.29 is 9.59 Å². The Labute approximate surface area is 158 Å². The summed E-state index contributed by atoms with van der Waals surface area (Å²) in [6.45, 7) is 2.62. The van der Waals surface area contributed by atoms with Gasteiger partial charge in [0.05, 0.1) is 4.88 Å². The number of carbonyl (C=O) groups is 2. The van der Waals surface area contributed by atoms with Gasteiger partial charge in [0.15, 0.2) is 0 Å². The van der Waals surface area contributed by atoms with Crippen LogP contribution in [0.4, 0.5) is 11.4 Å². The number of nitrogens with zero attached hydrogens (tertiary/aromatic N) is 2. The highest BCUT2D eigenvalue weighted by molar-refractivity contribution is 7.12. The molecule has 1 saturated heterocycles. The van der Waals surface area contributed by atoms with Crippen LogP contribution in [-0.2, 0) is 4.79 Å². The van der Waals surface area contributed by atoms with Crippen molar-refractivity contribution in [2.24, 2.45) is 0 Å². The minimum Gasteiger partial charge on any atom is -0.378 e. The normalized spacial score (nSPS) is 17.0. The maximum Gasteiger partial charge on any atom is 0.264 e. The van der Waals surface area contributed by atoms with Crippen molar-refractivity contribution in [3.05, 3.63) is 46.2 Å². The highest BCUT2D eigenvalue weighted by Crippen LogP contribution is 2.25. The molecule has 1 atom stereocenters. The third kappa shape index (κ3) is 3.90. The average Bonchev–Trinajstić information content (AvgIpc) is 3.17. The zero-order valence-electron chi connectivity index (χ0n) is 15.5. The molecule has 1 aromatic carbocycles. The third-order valence-electron chi connectivity index (χ3n) is 4.78. The fourth-order valence-electron chi connectivity index (χ4n) is 3.27. The zero-order chi connectivity index (χ0) is 18.7. The van der Waals surface area contributed by atoms with E-state index in [9.17, 15) is 9.59 Å². The first-order chi connectivity index (χ1) is 12.5. The summed E-state index contributed by atoms with van der Waals surface area (Å²) in [6, 6.07) is 9.24. The van der Waals surface area contributed by atoms with Crippen LogP contribution in [0.25, 0.3) is 0 Å². The molecule has 0 radical (unpaired) electrons. The predicted octanol–water partition coefficient (Wildman–Crippen LogP) is 3.76. The van der Waals surface area contributed by atoms with Crippen molar-refractivity contribution >= 4 is 34.5 Å². The number of piperidine rings is 1. The van der Waals surface area contributed by atoms with Gasteiger partial charge in [-0.05, 0) is 61.4 Å².